The Hall–Kier alpha value is -2.05. The van der Waals surface area contributed by atoms with E-state index in [1.165, 1.54) is 5.56 Å². The van der Waals surface area contributed by atoms with Gasteiger partial charge in [-0.2, -0.15) is 5.26 Å². The second-order valence-corrected chi connectivity index (χ2v) is 4.79. The van der Waals surface area contributed by atoms with Crippen molar-refractivity contribution in [3.8, 4) is 11.8 Å². The number of hydrogen-bond donors (Lipinski definition) is 0. The van der Waals surface area contributed by atoms with Crippen LogP contribution in [0.5, 0.6) is 5.75 Å². The molecule has 1 unspecified atom stereocenters. The second kappa shape index (κ2) is 4.91. The summed E-state index contributed by atoms with van der Waals surface area (Å²) < 4.78 is 11.0. The van der Waals surface area contributed by atoms with Crippen LogP contribution in [0.4, 0.5) is 0 Å². The molecule has 0 spiro atoms. The van der Waals surface area contributed by atoms with Crippen molar-refractivity contribution in [2.75, 3.05) is 20.3 Å². The molecule has 0 amide bonds. The number of benzene rings is 2. The van der Waals surface area contributed by atoms with Crippen molar-refractivity contribution in [2.45, 2.75) is 12.3 Å². The first-order valence-electron chi connectivity index (χ1n) is 6.42. The summed E-state index contributed by atoms with van der Waals surface area (Å²) in [6.07, 6.45) is 1.01. The third-order valence-corrected chi connectivity index (χ3v) is 3.71. The zero-order chi connectivity index (χ0) is 13.2. The predicted octanol–water partition coefficient (Wildman–Crippen LogP) is 3.22. The minimum atomic E-state index is 0.354. The summed E-state index contributed by atoms with van der Waals surface area (Å²) in [5, 5.41) is 11.3. The Kier molecular flexibility index (Phi) is 3.10. The highest BCUT2D eigenvalue weighted by molar-refractivity contribution is 5.89. The van der Waals surface area contributed by atoms with Crippen molar-refractivity contribution in [1.82, 2.24) is 0 Å². The van der Waals surface area contributed by atoms with Crippen LogP contribution in [0, 0.1) is 11.3 Å². The van der Waals surface area contributed by atoms with Crippen molar-refractivity contribution in [2.24, 2.45) is 0 Å². The van der Waals surface area contributed by atoms with Gasteiger partial charge in [0.05, 0.1) is 25.3 Å². The molecule has 2 aromatic carbocycles. The highest BCUT2D eigenvalue weighted by atomic mass is 16.5. The van der Waals surface area contributed by atoms with Gasteiger partial charge < -0.3 is 9.47 Å². The Balaban J connectivity index is 2.26. The maximum absolute atomic E-state index is 9.07. The Morgan fingerprint density at radius 1 is 1.32 bits per heavy atom. The van der Waals surface area contributed by atoms with Crippen molar-refractivity contribution in [3.63, 3.8) is 0 Å². The molecule has 0 aliphatic carbocycles. The van der Waals surface area contributed by atoms with Crippen LogP contribution in [-0.4, -0.2) is 20.3 Å². The predicted molar refractivity (Wildman–Crippen MR) is 73.4 cm³/mol. The summed E-state index contributed by atoms with van der Waals surface area (Å²) in [4.78, 5) is 0. The average molecular weight is 253 g/mol. The molecule has 19 heavy (non-hydrogen) atoms. The fourth-order valence-corrected chi connectivity index (χ4v) is 2.75. The van der Waals surface area contributed by atoms with Crippen LogP contribution in [0.15, 0.2) is 30.3 Å². The Morgan fingerprint density at radius 3 is 2.84 bits per heavy atom. The maximum atomic E-state index is 9.07. The number of hydrogen-bond acceptors (Lipinski definition) is 3. The van der Waals surface area contributed by atoms with Gasteiger partial charge in [0.1, 0.15) is 5.75 Å². The van der Waals surface area contributed by atoms with Crippen LogP contribution in [0.2, 0.25) is 0 Å². The lowest BCUT2D eigenvalue weighted by atomic mass is 9.91. The minimum Gasteiger partial charge on any atom is -0.496 e. The van der Waals surface area contributed by atoms with Crippen molar-refractivity contribution in [1.29, 1.82) is 5.26 Å². The number of nitrogens with zero attached hydrogens (tertiary/aromatic N) is 1. The molecule has 1 aliphatic rings. The van der Waals surface area contributed by atoms with Crippen LogP contribution in [-0.2, 0) is 4.74 Å². The van der Waals surface area contributed by atoms with Crippen LogP contribution in [0.3, 0.4) is 0 Å². The van der Waals surface area contributed by atoms with E-state index in [9.17, 15) is 0 Å². The van der Waals surface area contributed by atoms with E-state index >= 15 is 0 Å². The molecule has 3 nitrogen and oxygen atoms in total. The van der Waals surface area contributed by atoms with Crippen LogP contribution in [0.1, 0.15) is 23.5 Å². The third kappa shape index (κ3) is 2.05. The third-order valence-electron chi connectivity index (χ3n) is 3.71. The van der Waals surface area contributed by atoms with Gasteiger partial charge in [0.2, 0.25) is 0 Å². The molecule has 0 aromatic heterocycles. The quantitative estimate of drug-likeness (QED) is 0.825. The monoisotopic (exact) mass is 253 g/mol. The molecule has 0 radical (unpaired) electrons. The Labute approximate surface area is 112 Å². The van der Waals surface area contributed by atoms with Gasteiger partial charge in [0.15, 0.2) is 0 Å². The lowest BCUT2D eigenvalue weighted by molar-refractivity contribution is 0.193. The first kappa shape index (κ1) is 12.0. The zero-order valence-electron chi connectivity index (χ0n) is 10.8. The highest BCUT2D eigenvalue weighted by Gasteiger charge is 2.23. The maximum Gasteiger partial charge on any atom is 0.123 e. The van der Waals surface area contributed by atoms with E-state index in [0.29, 0.717) is 11.5 Å². The van der Waals surface area contributed by atoms with Crippen molar-refractivity contribution >= 4 is 10.8 Å². The SMILES string of the molecule is COc1ccc2ccc(C#N)cc2c1C1CCOC1. The lowest BCUT2D eigenvalue weighted by Gasteiger charge is -2.16. The summed E-state index contributed by atoms with van der Waals surface area (Å²) in [5.74, 6) is 1.24. The lowest BCUT2D eigenvalue weighted by Crippen LogP contribution is -2.02. The minimum absolute atomic E-state index is 0.354. The molecule has 0 bridgehead atoms. The molecule has 2 aromatic rings. The molecular weight excluding hydrogens is 238 g/mol. The summed E-state index contributed by atoms with van der Waals surface area (Å²) in [5.41, 5.74) is 1.86. The fraction of sp³-hybridized carbons (Fsp3) is 0.312. The number of rotatable bonds is 2. The number of methoxy groups -OCH3 is 1. The number of nitriles is 1. The van der Waals surface area contributed by atoms with E-state index in [0.717, 1.165) is 36.2 Å². The molecular formula is C16H15NO2. The first-order valence-corrected chi connectivity index (χ1v) is 6.42. The van der Waals surface area contributed by atoms with Gasteiger partial charge in [-0.1, -0.05) is 12.1 Å². The summed E-state index contributed by atoms with van der Waals surface area (Å²) in [7, 11) is 1.69. The number of ether oxygens (including phenoxy) is 2. The first-order chi connectivity index (χ1) is 9.33. The van der Waals surface area contributed by atoms with Gasteiger partial charge in [-0.05, 0) is 35.4 Å². The Morgan fingerprint density at radius 2 is 2.16 bits per heavy atom. The molecule has 96 valence electrons. The molecule has 3 heteroatoms. The molecule has 1 heterocycles. The molecule has 1 fully saturated rings. The Bertz CT molecular complexity index is 652. The van der Waals surface area contributed by atoms with Crippen LogP contribution < -0.4 is 4.74 Å². The summed E-state index contributed by atoms with van der Waals surface area (Å²) >= 11 is 0. The van der Waals surface area contributed by atoms with Crippen molar-refractivity contribution < 1.29 is 9.47 Å². The van der Waals surface area contributed by atoms with E-state index in [-0.39, 0.29) is 0 Å². The van der Waals surface area contributed by atoms with E-state index in [1.54, 1.807) is 7.11 Å². The largest absolute Gasteiger partial charge is 0.496 e. The average Bonchev–Trinajstić information content (AvgIpc) is 2.99. The van der Waals surface area contributed by atoms with Gasteiger partial charge in [0, 0.05) is 18.1 Å². The van der Waals surface area contributed by atoms with Gasteiger partial charge in [0.25, 0.3) is 0 Å². The molecule has 1 saturated heterocycles. The molecule has 0 saturated carbocycles. The van der Waals surface area contributed by atoms with E-state index < -0.39 is 0 Å². The topological polar surface area (TPSA) is 42.2 Å². The van der Waals surface area contributed by atoms with E-state index in [1.807, 2.05) is 30.3 Å². The van der Waals surface area contributed by atoms with Crippen LogP contribution in [0.25, 0.3) is 10.8 Å². The molecule has 1 aliphatic heterocycles. The van der Waals surface area contributed by atoms with E-state index in [2.05, 4.69) is 6.07 Å². The van der Waals surface area contributed by atoms with Gasteiger partial charge in [-0.25, -0.2) is 0 Å². The smallest absolute Gasteiger partial charge is 0.123 e. The molecule has 3 rings (SSSR count). The summed E-state index contributed by atoms with van der Waals surface area (Å²) in [6.45, 7) is 1.52. The second-order valence-electron chi connectivity index (χ2n) is 4.79. The standard InChI is InChI=1S/C16H15NO2/c1-18-15-5-4-12-3-2-11(9-17)8-14(12)16(15)13-6-7-19-10-13/h2-5,8,13H,6-7,10H2,1H3. The normalized spacial score (nSPS) is 18.4. The van der Waals surface area contributed by atoms with E-state index in [4.69, 9.17) is 14.7 Å². The van der Waals surface area contributed by atoms with Crippen LogP contribution >= 0.6 is 0 Å². The number of fused-ring (bicyclic) bond motifs is 1. The molecule has 0 N–H and O–H groups in total. The van der Waals surface area contributed by atoms with Gasteiger partial charge in [-0.15, -0.1) is 0 Å². The van der Waals surface area contributed by atoms with Crippen molar-refractivity contribution in [3.05, 3.63) is 41.5 Å². The zero-order valence-corrected chi connectivity index (χ0v) is 10.8. The van der Waals surface area contributed by atoms with Gasteiger partial charge >= 0.3 is 0 Å². The highest BCUT2D eigenvalue weighted by Crippen LogP contribution is 2.38. The van der Waals surface area contributed by atoms with Gasteiger partial charge in [-0.3, -0.25) is 0 Å². The molecule has 1 atom stereocenters. The fourth-order valence-electron chi connectivity index (χ4n) is 2.75. The summed E-state index contributed by atoms with van der Waals surface area (Å²) in [6, 6.07) is 12.0.